The molecule has 1 aliphatic rings. The van der Waals surface area contributed by atoms with Gasteiger partial charge in [-0.1, -0.05) is 12.1 Å². The summed E-state index contributed by atoms with van der Waals surface area (Å²) in [4.78, 5) is 13.5. The van der Waals surface area contributed by atoms with Gasteiger partial charge in [0.2, 0.25) is 5.91 Å². The first-order valence-electron chi connectivity index (χ1n) is 9.58. The molecule has 0 aliphatic carbocycles. The summed E-state index contributed by atoms with van der Waals surface area (Å²) >= 11 is 2.20. The number of alkyl halides is 3. The number of aromatic nitrogens is 4. The van der Waals surface area contributed by atoms with E-state index >= 15 is 0 Å². The van der Waals surface area contributed by atoms with Crippen LogP contribution in [-0.2, 0) is 31.4 Å². The van der Waals surface area contributed by atoms with E-state index in [0.717, 1.165) is 25.1 Å². The van der Waals surface area contributed by atoms with Crippen molar-refractivity contribution in [2.75, 3.05) is 11.9 Å². The van der Waals surface area contributed by atoms with Crippen LogP contribution in [0.3, 0.4) is 0 Å². The fourth-order valence-corrected chi connectivity index (χ4v) is 4.51. The van der Waals surface area contributed by atoms with Crippen molar-refractivity contribution < 1.29 is 18.0 Å². The van der Waals surface area contributed by atoms with Crippen LogP contribution >= 0.6 is 22.6 Å². The number of hydrogen-bond donors (Lipinski definition) is 1. The van der Waals surface area contributed by atoms with Crippen LogP contribution in [0.15, 0.2) is 30.6 Å². The number of hydrogen-bond acceptors (Lipinski definition) is 4. The van der Waals surface area contributed by atoms with Gasteiger partial charge in [-0.05, 0) is 28.7 Å². The summed E-state index contributed by atoms with van der Waals surface area (Å²) in [7, 11) is 1.83. The van der Waals surface area contributed by atoms with Gasteiger partial charge in [0.25, 0.3) is 0 Å². The SMILES string of the molecule is CC(=O)N1CCc2c(c(Nc3cccc(-c4cnn(C)c4)c3I)nn2CC(F)(F)F)C1. The third-order valence-electron chi connectivity index (χ3n) is 5.18. The Hall–Kier alpha value is -2.57. The second-order valence-corrected chi connectivity index (χ2v) is 8.51. The number of amides is 1. The summed E-state index contributed by atoms with van der Waals surface area (Å²) < 4.78 is 42.9. The molecule has 0 atom stereocenters. The maximum atomic E-state index is 13.1. The van der Waals surface area contributed by atoms with Crippen molar-refractivity contribution in [3.63, 3.8) is 0 Å². The van der Waals surface area contributed by atoms with Gasteiger partial charge >= 0.3 is 6.18 Å². The molecule has 11 heteroatoms. The first-order valence-corrected chi connectivity index (χ1v) is 10.7. The Morgan fingerprint density at radius 2 is 2.10 bits per heavy atom. The van der Waals surface area contributed by atoms with Gasteiger partial charge in [-0.15, -0.1) is 0 Å². The van der Waals surface area contributed by atoms with E-state index in [0.29, 0.717) is 30.0 Å². The molecule has 1 amide bonds. The summed E-state index contributed by atoms with van der Waals surface area (Å²) in [5.74, 6) is 0.222. The van der Waals surface area contributed by atoms with Gasteiger partial charge in [0.05, 0.1) is 18.4 Å². The highest BCUT2D eigenvalue weighted by Gasteiger charge is 2.33. The zero-order chi connectivity index (χ0) is 22.3. The van der Waals surface area contributed by atoms with Crippen LogP contribution in [0.5, 0.6) is 0 Å². The predicted molar refractivity (Wildman–Crippen MR) is 118 cm³/mol. The summed E-state index contributed by atoms with van der Waals surface area (Å²) in [5, 5.41) is 11.7. The molecule has 164 valence electrons. The highest BCUT2D eigenvalue weighted by molar-refractivity contribution is 14.1. The van der Waals surface area contributed by atoms with E-state index in [1.165, 1.54) is 6.92 Å². The number of benzene rings is 1. The minimum atomic E-state index is -4.39. The molecule has 4 rings (SSSR count). The van der Waals surface area contributed by atoms with Gasteiger partial charge in [0.15, 0.2) is 5.82 Å². The summed E-state index contributed by atoms with van der Waals surface area (Å²) in [6.45, 7) is 0.894. The molecule has 0 spiro atoms. The number of rotatable bonds is 4. The number of carbonyl (C=O) groups is 1. The fraction of sp³-hybridized carbons (Fsp3) is 0.350. The van der Waals surface area contributed by atoms with Crippen LogP contribution in [-0.4, -0.2) is 43.1 Å². The molecule has 0 saturated heterocycles. The van der Waals surface area contributed by atoms with E-state index in [-0.39, 0.29) is 12.5 Å². The molecular formula is C20H20F3IN6O. The molecule has 31 heavy (non-hydrogen) atoms. The zero-order valence-electron chi connectivity index (χ0n) is 16.9. The molecular weight excluding hydrogens is 524 g/mol. The molecule has 0 unspecified atom stereocenters. The Labute approximate surface area is 190 Å². The van der Waals surface area contributed by atoms with E-state index in [1.54, 1.807) is 15.8 Å². The lowest BCUT2D eigenvalue weighted by molar-refractivity contribution is -0.143. The molecule has 0 radical (unpaired) electrons. The molecule has 2 aromatic heterocycles. The number of halogens is 4. The largest absolute Gasteiger partial charge is 0.408 e. The first-order chi connectivity index (χ1) is 14.6. The van der Waals surface area contributed by atoms with Crippen LogP contribution in [0.25, 0.3) is 11.1 Å². The number of nitrogens with zero attached hydrogens (tertiary/aromatic N) is 5. The van der Waals surface area contributed by atoms with E-state index in [4.69, 9.17) is 0 Å². The van der Waals surface area contributed by atoms with Crippen molar-refractivity contribution in [2.45, 2.75) is 32.6 Å². The van der Waals surface area contributed by atoms with Crippen LogP contribution in [0.2, 0.25) is 0 Å². The number of anilines is 2. The highest BCUT2D eigenvalue weighted by Crippen LogP contribution is 2.35. The van der Waals surface area contributed by atoms with E-state index in [1.807, 2.05) is 31.4 Å². The quantitative estimate of drug-likeness (QED) is 0.503. The maximum absolute atomic E-state index is 13.1. The normalized spacial score (nSPS) is 13.9. The maximum Gasteiger partial charge on any atom is 0.408 e. The van der Waals surface area contributed by atoms with Gasteiger partial charge < -0.3 is 10.2 Å². The second kappa shape index (κ2) is 8.17. The number of fused-ring (bicyclic) bond motifs is 1. The van der Waals surface area contributed by atoms with Crippen LogP contribution in [0.1, 0.15) is 18.2 Å². The van der Waals surface area contributed by atoms with Crippen molar-refractivity contribution in [3.8, 4) is 11.1 Å². The number of carbonyl (C=O) groups excluding carboxylic acids is 1. The second-order valence-electron chi connectivity index (χ2n) is 7.43. The van der Waals surface area contributed by atoms with E-state index in [9.17, 15) is 18.0 Å². The Balaban J connectivity index is 1.72. The zero-order valence-corrected chi connectivity index (χ0v) is 19.0. The van der Waals surface area contributed by atoms with Gasteiger partial charge in [-0.2, -0.15) is 23.4 Å². The van der Waals surface area contributed by atoms with Crippen molar-refractivity contribution in [2.24, 2.45) is 7.05 Å². The minimum Gasteiger partial charge on any atom is -0.338 e. The lowest BCUT2D eigenvalue weighted by Crippen LogP contribution is -2.35. The predicted octanol–water partition coefficient (Wildman–Crippen LogP) is 4.10. The Kier molecular flexibility index (Phi) is 5.71. The number of nitrogens with one attached hydrogen (secondary N) is 1. The van der Waals surface area contributed by atoms with Gasteiger partial charge in [0, 0.05) is 59.1 Å². The lowest BCUT2D eigenvalue weighted by atomic mass is 10.1. The van der Waals surface area contributed by atoms with Crippen LogP contribution < -0.4 is 5.32 Å². The average Bonchev–Trinajstić information content (AvgIpc) is 3.26. The molecule has 0 saturated carbocycles. The van der Waals surface area contributed by atoms with Crippen molar-refractivity contribution >= 4 is 40.0 Å². The Morgan fingerprint density at radius 1 is 1.32 bits per heavy atom. The third-order valence-corrected chi connectivity index (χ3v) is 6.34. The summed E-state index contributed by atoms with van der Waals surface area (Å²) in [6.07, 6.45) is -0.409. The minimum absolute atomic E-state index is 0.117. The van der Waals surface area contributed by atoms with Gasteiger partial charge in [0.1, 0.15) is 6.54 Å². The van der Waals surface area contributed by atoms with Crippen molar-refractivity contribution in [3.05, 3.63) is 45.4 Å². The fourth-order valence-electron chi connectivity index (χ4n) is 3.70. The lowest BCUT2D eigenvalue weighted by Gasteiger charge is -2.27. The molecule has 1 N–H and O–H groups in total. The van der Waals surface area contributed by atoms with Crippen LogP contribution in [0.4, 0.5) is 24.7 Å². The monoisotopic (exact) mass is 544 g/mol. The van der Waals surface area contributed by atoms with E-state index < -0.39 is 12.7 Å². The Morgan fingerprint density at radius 3 is 2.74 bits per heavy atom. The molecule has 1 aliphatic heterocycles. The average molecular weight is 544 g/mol. The Bertz CT molecular complexity index is 1140. The van der Waals surface area contributed by atoms with Gasteiger partial charge in [-0.25, -0.2) is 0 Å². The number of aryl methyl sites for hydroxylation is 1. The topological polar surface area (TPSA) is 68.0 Å². The molecule has 3 aromatic rings. The standard InChI is InChI=1S/C20H20F3IN6O/c1-12(31)29-7-6-17-15(10-29)19(27-30(17)11-20(21,22)23)26-16-5-3-4-14(18(16)24)13-8-25-28(2)9-13/h3-5,8-9H,6-7,10-11H2,1-2H3,(H,26,27). The molecule has 1 aromatic carbocycles. The smallest absolute Gasteiger partial charge is 0.338 e. The molecule has 3 heterocycles. The van der Waals surface area contributed by atoms with Crippen LogP contribution in [0, 0.1) is 3.57 Å². The molecule has 7 nitrogen and oxygen atoms in total. The van der Waals surface area contributed by atoms with Gasteiger partial charge in [-0.3, -0.25) is 14.2 Å². The molecule has 0 fully saturated rings. The third kappa shape index (κ3) is 4.55. The summed E-state index contributed by atoms with van der Waals surface area (Å²) in [5.41, 5.74) is 3.74. The van der Waals surface area contributed by atoms with Crippen molar-refractivity contribution in [1.29, 1.82) is 0 Å². The highest BCUT2D eigenvalue weighted by atomic mass is 127. The van der Waals surface area contributed by atoms with Crippen molar-refractivity contribution in [1.82, 2.24) is 24.5 Å². The van der Waals surface area contributed by atoms with E-state index in [2.05, 4.69) is 38.1 Å². The molecule has 0 bridgehead atoms. The summed E-state index contributed by atoms with van der Waals surface area (Å²) in [6, 6.07) is 5.68. The first kappa shape index (κ1) is 21.7.